The number of likely N-dealkylation sites (tertiary alicyclic amines) is 1. The van der Waals surface area contributed by atoms with Crippen LogP contribution in [0.4, 0.5) is 0 Å². The Morgan fingerprint density at radius 3 is 2.46 bits per heavy atom. The van der Waals surface area contributed by atoms with Gasteiger partial charge in [-0.2, -0.15) is 22.0 Å². The van der Waals surface area contributed by atoms with Crippen LogP contribution < -0.4 is 0 Å². The average Bonchev–Trinajstić information content (AvgIpc) is 3.25. The molecule has 1 atom stereocenters. The van der Waals surface area contributed by atoms with Crippen molar-refractivity contribution in [3.8, 4) is 0 Å². The molecule has 26 heavy (non-hydrogen) atoms. The molecule has 0 spiro atoms. The first-order chi connectivity index (χ1) is 12.4. The van der Waals surface area contributed by atoms with E-state index in [2.05, 4.69) is 10.1 Å². The molecule has 0 N–H and O–H groups in total. The molecular weight excluding hydrogens is 358 g/mol. The molecule has 0 aliphatic carbocycles. The normalized spacial score (nSPS) is 26.2. The molecule has 0 radical (unpaired) electrons. The van der Waals surface area contributed by atoms with Gasteiger partial charge in [-0.3, -0.25) is 4.79 Å². The standard InChI is InChI=1S/C16H25N5O4S/c1-12-17-15(25-18-12)14-10-21(11-14)26(23,24)20-8-4-5-13(9-20)16(22)19-6-2-3-7-19/h13-14H,2-11H2,1H3/t13-/m0/s1. The zero-order valence-corrected chi connectivity index (χ0v) is 15.8. The average molecular weight is 383 g/mol. The van der Waals surface area contributed by atoms with Gasteiger partial charge < -0.3 is 9.42 Å². The predicted molar refractivity (Wildman–Crippen MR) is 92.4 cm³/mol. The summed E-state index contributed by atoms with van der Waals surface area (Å²) in [6, 6.07) is 0. The number of aryl methyl sites for hydroxylation is 1. The lowest BCUT2D eigenvalue weighted by Crippen LogP contribution is -2.56. The van der Waals surface area contributed by atoms with Crippen molar-refractivity contribution in [3.05, 3.63) is 11.7 Å². The highest BCUT2D eigenvalue weighted by Gasteiger charge is 2.44. The topological polar surface area (TPSA) is 99.8 Å². The lowest BCUT2D eigenvalue weighted by atomic mass is 9.98. The van der Waals surface area contributed by atoms with E-state index in [9.17, 15) is 13.2 Å². The Bertz CT molecular complexity index is 767. The second-order valence-electron chi connectivity index (χ2n) is 7.43. The largest absolute Gasteiger partial charge is 0.342 e. The third-order valence-corrected chi connectivity index (χ3v) is 7.48. The van der Waals surface area contributed by atoms with Crippen LogP contribution in [0.5, 0.6) is 0 Å². The van der Waals surface area contributed by atoms with Gasteiger partial charge in [0.25, 0.3) is 10.2 Å². The van der Waals surface area contributed by atoms with Gasteiger partial charge >= 0.3 is 0 Å². The molecule has 3 saturated heterocycles. The lowest BCUT2D eigenvalue weighted by molar-refractivity contribution is -0.135. The van der Waals surface area contributed by atoms with Crippen LogP contribution in [-0.2, 0) is 15.0 Å². The quantitative estimate of drug-likeness (QED) is 0.744. The molecule has 1 aromatic heterocycles. The number of hydrogen-bond donors (Lipinski definition) is 0. The van der Waals surface area contributed by atoms with E-state index in [0.29, 0.717) is 37.9 Å². The number of carbonyl (C=O) groups excluding carboxylic acids is 1. The van der Waals surface area contributed by atoms with Gasteiger partial charge in [0.05, 0.1) is 11.8 Å². The Hall–Kier alpha value is -1.52. The van der Waals surface area contributed by atoms with Crippen LogP contribution >= 0.6 is 0 Å². The monoisotopic (exact) mass is 383 g/mol. The van der Waals surface area contributed by atoms with Crippen LogP contribution in [0.1, 0.15) is 43.3 Å². The van der Waals surface area contributed by atoms with E-state index in [4.69, 9.17) is 4.52 Å². The number of rotatable bonds is 4. The summed E-state index contributed by atoms with van der Waals surface area (Å²) >= 11 is 0. The third kappa shape index (κ3) is 3.25. The van der Waals surface area contributed by atoms with Crippen LogP contribution in [-0.4, -0.2) is 77.2 Å². The van der Waals surface area contributed by atoms with Gasteiger partial charge in [0.1, 0.15) is 0 Å². The van der Waals surface area contributed by atoms with E-state index in [0.717, 1.165) is 38.8 Å². The molecule has 0 bridgehead atoms. The van der Waals surface area contributed by atoms with E-state index >= 15 is 0 Å². The van der Waals surface area contributed by atoms with E-state index in [-0.39, 0.29) is 17.7 Å². The Balaban J connectivity index is 1.37. The minimum Gasteiger partial charge on any atom is -0.342 e. The fraction of sp³-hybridized carbons (Fsp3) is 0.812. The first kappa shape index (κ1) is 17.9. The maximum atomic E-state index is 12.9. The molecule has 3 fully saturated rings. The summed E-state index contributed by atoms with van der Waals surface area (Å²) in [6.45, 7) is 4.83. The maximum Gasteiger partial charge on any atom is 0.282 e. The highest BCUT2D eigenvalue weighted by Crippen LogP contribution is 2.31. The van der Waals surface area contributed by atoms with Gasteiger partial charge in [0.15, 0.2) is 5.82 Å². The summed E-state index contributed by atoms with van der Waals surface area (Å²) in [5, 5.41) is 3.76. The van der Waals surface area contributed by atoms with Gasteiger partial charge in [-0.15, -0.1) is 0 Å². The molecule has 10 heteroatoms. The van der Waals surface area contributed by atoms with Crippen molar-refractivity contribution < 1.29 is 17.7 Å². The summed E-state index contributed by atoms with van der Waals surface area (Å²) in [4.78, 5) is 18.7. The van der Waals surface area contributed by atoms with Crippen molar-refractivity contribution in [1.82, 2.24) is 23.7 Å². The van der Waals surface area contributed by atoms with Crippen molar-refractivity contribution in [3.63, 3.8) is 0 Å². The van der Waals surface area contributed by atoms with Crippen molar-refractivity contribution in [2.24, 2.45) is 5.92 Å². The Morgan fingerprint density at radius 2 is 1.81 bits per heavy atom. The zero-order chi connectivity index (χ0) is 18.3. The number of amides is 1. The summed E-state index contributed by atoms with van der Waals surface area (Å²) in [7, 11) is -3.54. The van der Waals surface area contributed by atoms with Crippen LogP contribution in [0.15, 0.2) is 4.52 Å². The lowest BCUT2D eigenvalue weighted by Gasteiger charge is -2.41. The molecule has 144 valence electrons. The molecule has 0 unspecified atom stereocenters. The molecule has 3 aliphatic heterocycles. The molecule has 1 amide bonds. The summed E-state index contributed by atoms with van der Waals surface area (Å²) < 4.78 is 33.9. The highest BCUT2D eigenvalue weighted by atomic mass is 32.2. The van der Waals surface area contributed by atoms with Gasteiger partial charge in [-0.05, 0) is 32.6 Å². The van der Waals surface area contributed by atoms with E-state index in [1.54, 1.807) is 6.92 Å². The van der Waals surface area contributed by atoms with E-state index < -0.39 is 10.2 Å². The van der Waals surface area contributed by atoms with Crippen LogP contribution in [0.25, 0.3) is 0 Å². The second-order valence-corrected chi connectivity index (χ2v) is 9.36. The molecule has 4 heterocycles. The molecule has 1 aromatic rings. The Morgan fingerprint density at radius 1 is 1.08 bits per heavy atom. The first-order valence-electron chi connectivity index (χ1n) is 9.29. The maximum absolute atomic E-state index is 12.9. The van der Waals surface area contributed by atoms with Crippen molar-refractivity contribution in [2.45, 2.75) is 38.5 Å². The summed E-state index contributed by atoms with van der Waals surface area (Å²) in [5.41, 5.74) is 0. The molecule has 9 nitrogen and oxygen atoms in total. The van der Waals surface area contributed by atoms with Crippen molar-refractivity contribution >= 4 is 16.1 Å². The minimum atomic E-state index is -3.54. The predicted octanol–water partition coefficient (Wildman–Crippen LogP) is 0.356. The number of hydrogen-bond acceptors (Lipinski definition) is 6. The van der Waals surface area contributed by atoms with Gasteiger partial charge in [-0.1, -0.05) is 5.16 Å². The summed E-state index contributed by atoms with van der Waals surface area (Å²) in [5.74, 6) is 0.908. The number of piperidine rings is 1. The Kier molecular flexibility index (Phi) is 4.74. The molecule has 0 aromatic carbocycles. The number of nitrogens with zero attached hydrogens (tertiary/aromatic N) is 5. The fourth-order valence-electron chi connectivity index (χ4n) is 3.97. The van der Waals surface area contributed by atoms with Gasteiger partial charge in [0, 0.05) is 39.3 Å². The molecule has 3 aliphatic rings. The number of aromatic nitrogens is 2. The van der Waals surface area contributed by atoms with Crippen LogP contribution in [0.3, 0.4) is 0 Å². The molecular formula is C16H25N5O4S. The van der Waals surface area contributed by atoms with Crippen molar-refractivity contribution in [1.29, 1.82) is 0 Å². The van der Waals surface area contributed by atoms with Crippen LogP contribution in [0.2, 0.25) is 0 Å². The molecule has 0 saturated carbocycles. The van der Waals surface area contributed by atoms with E-state index in [1.807, 2.05) is 4.90 Å². The van der Waals surface area contributed by atoms with E-state index in [1.165, 1.54) is 8.61 Å². The first-order valence-corrected chi connectivity index (χ1v) is 10.7. The van der Waals surface area contributed by atoms with Crippen molar-refractivity contribution in [2.75, 3.05) is 39.3 Å². The zero-order valence-electron chi connectivity index (χ0n) is 15.0. The van der Waals surface area contributed by atoms with Gasteiger partial charge in [0.2, 0.25) is 11.8 Å². The number of carbonyl (C=O) groups is 1. The fourth-order valence-corrected chi connectivity index (χ4v) is 5.77. The second kappa shape index (κ2) is 6.90. The smallest absolute Gasteiger partial charge is 0.282 e. The molecule has 4 rings (SSSR count). The highest BCUT2D eigenvalue weighted by molar-refractivity contribution is 7.86. The van der Waals surface area contributed by atoms with Crippen LogP contribution in [0, 0.1) is 12.8 Å². The minimum absolute atomic E-state index is 0.0437. The third-order valence-electron chi connectivity index (χ3n) is 5.54. The SMILES string of the molecule is Cc1noc(C2CN(S(=O)(=O)N3CCC[C@H](C(=O)N4CCCC4)C3)C2)n1. The van der Waals surface area contributed by atoms with Gasteiger partial charge in [-0.25, -0.2) is 0 Å². The summed E-state index contributed by atoms with van der Waals surface area (Å²) in [6.07, 6.45) is 3.59. The Labute approximate surface area is 153 Å².